The molecule has 4 nitrogen and oxygen atoms in total. The molecule has 0 aliphatic rings. The number of rotatable bonds is 9. The van der Waals surface area contributed by atoms with Gasteiger partial charge in [0.15, 0.2) is 0 Å². The van der Waals surface area contributed by atoms with E-state index in [0.717, 1.165) is 0 Å². The second-order valence-corrected chi connectivity index (χ2v) is 9.93. The summed E-state index contributed by atoms with van der Waals surface area (Å²) in [6, 6.07) is 24.5. The third-order valence-electron chi connectivity index (χ3n) is 4.86. The SMILES string of the molecule is CC(CC(CC(F)(F)F)OP(=O)(c1ccccc1)c1ccccc1)OC(=O)c1ccccc1. The summed E-state index contributed by atoms with van der Waals surface area (Å²) >= 11 is 0. The predicted molar refractivity (Wildman–Crippen MR) is 121 cm³/mol. The molecule has 0 amide bonds. The van der Waals surface area contributed by atoms with Crippen molar-refractivity contribution in [1.82, 2.24) is 0 Å². The second kappa shape index (κ2) is 10.8. The van der Waals surface area contributed by atoms with E-state index in [9.17, 15) is 22.5 Å². The number of hydrogen-bond acceptors (Lipinski definition) is 4. The Labute approximate surface area is 190 Å². The van der Waals surface area contributed by atoms with Gasteiger partial charge in [0.25, 0.3) is 7.37 Å². The van der Waals surface area contributed by atoms with Crippen molar-refractivity contribution >= 4 is 23.9 Å². The highest BCUT2D eigenvalue weighted by Gasteiger charge is 2.39. The Morgan fingerprint density at radius 3 is 1.76 bits per heavy atom. The van der Waals surface area contributed by atoms with Crippen molar-refractivity contribution < 1.29 is 31.8 Å². The molecule has 33 heavy (non-hydrogen) atoms. The van der Waals surface area contributed by atoms with E-state index in [-0.39, 0.29) is 22.6 Å². The number of halogens is 3. The topological polar surface area (TPSA) is 52.6 Å². The quantitative estimate of drug-likeness (QED) is 0.286. The van der Waals surface area contributed by atoms with Crippen LogP contribution in [0.4, 0.5) is 13.2 Å². The first-order chi connectivity index (χ1) is 15.7. The van der Waals surface area contributed by atoms with Gasteiger partial charge in [0, 0.05) is 17.0 Å². The minimum absolute atomic E-state index is 0.276. The van der Waals surface area contributed by atoms with Crippen molar-refractivity contribution in [3.63, 3.8) is 0 Å². The van der Waals surface area contributed by atoms with Crippen LogP contribution in [0.5, 0.6) is 0 Å². The minimum Gasteiger partial charge on any atom is -0.459 e. The zero-order valence-electron chi connectivity index (χ0n) is 17.9. The first-order valence-corrected chi connectivity index (χ1v) is 12.0. The van der Waals surface area contributed by atoms with Crippen LogP contribution in [0, 0.1) is 0 Å². The van der Waals surface area contributed by atoms with Gasteiger partial charge in [0.05, 0.1) is 18.1 Å². The van der Waals surface area contributed by atoms with Crippen molar-refractivity contribution in [3.8, 4) is 0 Å². The number of carbonyl (C=O) groups is 1. The summed E-state index contributed by atoms with van der Waals surface area (Å²) in [5.74, 6) is -0.650. The van der Waals surface area contributed by atoms with Gasteiger partial charge in [-0.1, -0.05) is 54.6 Å². The molecule has 0 N–H and O–H groups in total. The molecule has 3 aromatic rings. The molecule has 0 saturated heterocycles. The summed E-state index contributed by atoms with van der Waals surface area (Å²) in [6.07, 6.45) is -8.56. The summed E-state index contributed by atoms with van der Waals surface area (Å²) in [7, 11) is -3.86. The Morgan fingerprint density at radius 1 is 0.848 bits per heavy atom. The van der Waals surface area contributed by atoms with Crippen molar-refractivity contribution in [2.75, 3.05) is 0 Å². The van der Waals surface area contributed by atoms with Crippen molar-refractivity contribution in [2.24, 2.45) is 0 Å². The van der Waals surface area contributed by atoms with Crippen LogP contribution < -0.4 is 10.6 Å². The zero-order chi connectivity index (χ0) is 23.9. The third-order valence-corrected chi connectivity index (χ3v) is 7.41. The van der Waals surface area contributed by atoms with E-state index < -0.39 is 38.1 Å². The molecule has 174 valence electrons. The standard InChI is InChI=1S/C25H24F3O4P/c1-19(31-24(29)20-11-5-2-6-12-20)17-21(18-25(26,27)28)32-33(30,22-13-7-3-8-14-22)23-15-9-4-10-16-23/h2-16,19,21H,17-18H2,1H3. The van der Waals surface area contributed by atoms with Crippen molar-refractivity contribution in [1.29, 1.82) is 0 Å². The molecule has 0 fully saturated rings. The lowest BCUT2D eigenvalue weighted by molar-refractivity contribution is -0.152. The highest BCUT2D eigenvalue weighted by Crippen LogP contribution is 2.48. The summed E-state index contributed by atoms with van der Waals surface area (Å²) in [6.45, 7) is 1.49. The molecule has 0 heterocycles. The van der Waals surface area contributed by atoms with Crippen molar-refractivity contribution in [3.05, 3.63) is 96.6 Å². The zero-order valence-corrected chi connectivity index (χ0v) is 18.8. The Hall–Kier alpha value is -2.89. The molecule has 3 aromatic carbocycles. The normalized spacial score (nSPS) is 13.8. The maximum Gasteiger partial charge on any atom is 0.391 e. The van der Waals surface area contributed by atoms with Gasteiger partial charge in [0.1, 0.15) is 6.10 Å². The van der Waals surface area contributed by atoms with E-state index in [0.29, 0.717) is 0 Å². The number of carbonyl (C=O) groups excluding carboxylic acids is 1. The molecule has 0 aliphatic heterocycles. The molecule has 2 unspecified atom stereocenters. The average molecular weight is 476 g/mol. The summed E-state index contributed by atoms with van der Waals surface area (Å²) in [4.78, 5) is 12.3. The van der Waals surface area contributed by atoms with Crippen LogP contribution >= 0.6 is 7.37 Å². The molecule has 0 spiro atoms. The molecular formula is C25H24F3O4P. The van der Waals surface area contributed by atoms with E-state index in [1.807, 2.05) is 0 Å². The lowest BCUT2D eigenvalue weighted by atomic mass is 10.1. The number of hydrogen-bond donors (Lipinski definition) is 0. The molecule has 8 heteroatoms. The maximum absolute atomic E-state index is 14.0. The van der Waals surface area contributed by atoms with Gasteiger partial charge in [-0.3, -0.25) is 4.57 Å². The van der Waals surface area contributed by atoms with Crippen molar-refractivity contribution in [2.45, 2.75) is 38.1 Å². The second-order valence-electron chi connectivity index (χ2n) is 7.59. The van der Waals surface area contributed by atoms with Gasteiger partial charge in [-0.2, -0.15) is 13.2 Å². The monoisotopic (exact) mass is 476 g/mol. The molecule has 0 aromatic heterocycles. The summed E-state index contributed by atoms with van der Waals surface area (Å²) < 4.78 is 65.3. The van der Waals surface area contributed by atoms with Crippen LogP contribution in [0.2, 0.25) is 0 Å². The van der Waals surface area contributed by atoms with Crippen LogP contribution in [-0.4, -0.2) is 24.4 Å². The van der Waals surface area contributed by atoms with Crippen LogP contribution in [0.1, 0.15) is 30.1 Å². The third kappa shape index (κ3) is 7.04. The Morgan fingerprint density at radius 2 is 1.30 bits per heavy atom. The first-order valence-electron chi connectivity index (χ1n) is 10.4. The van der Waals surface area contributed by atoms with E-state index in [1.54, 1.807) is 91.0 Å². The van der Waals surface area contributed by atoms with E-state index in [4.69, 9.17) is 9.26 Å². The fourth-order valence-electron chi connectivity index (χ4n) is 3.39. The summed E-state index contributed by atoms with van der Waals surface area (Å²) in [5.41, 5.74) is 0.289. The smallest absolute Gasteiger partial charge is 0.391 e. The van der Waals surface area contributed by atoms with Crippen LogP contribution in [0.15, 0.2) is 91.0 Å². The molecule has 0 saturated carbocycles. The molecule has 3 rings (SSSR count). The van der Waals surface area contributed by atoms with Crippen LogP contribution in [-0.2, 0) is 13.8 Å². The van der Waals surface area contributed by atoms with Crippen LogP contribution in [0.3, 0.4) is 0 Å². The molecule has 0 radical (unpaired) electrons. The number of benzene rings is 3. The van der Waals surface area contributed by atoms with Gasteiger partial charge in [-0.15, -0.1) is 0 Å². The van der Waals surface area contributed by atoms with Gasteiger partial charge in [-0.05, 0) is 43.3 Å². The Kier molecular flexibility index (Phi) is 8.11. The predicted octanol–water partition coefficient (Wildman–Crippen LogP) is 5.89. The minimum atomic E-state index is -4.56. The highest BCUT2D eigenvalue weighted by molar-refractivity contribution is 7.74. The lowest BCUT2D eigenvalue weighted by Gasteiger charge is -2.28. The molecular weight excluding hydrogens is 452 g/mol. The van der Waals surface area contributed by atoms with Gasteiger partial charge < -0.3 is 9.26 Å². The lowest BCUT2D eigenvalue weighted by Crippen LogP contribution is -2.30. The Bertz CT molecular complexity index is 1030. The van der Waals surface area contributed by atoms with E-state index in [2.05, 4.69) is 0 Å². The van der Waals surface area contributed by atoms with Gasteiger partial charge in [0.2, 0.25) is 0 Å². The fraction of sp³-hybridized carbons (Fsp3) is 0.240. The molecule has 2 atom stereocenters. The fourth-order valence-corrected chi connectivity index (χ4v) is 5.65. The van der Waals surface area contributed by atoms with Crippen LogP contribution in [0.25, 0.3) is 0 Å². The number of esters is 1. The van der Waals surface area contributed by atoms with Gasteiger partial charge >= 0.3 is 12.1 Å². The largest absolute Gasteiger partial charge is 0.459 e. The van der Waals surface area contributed by atoms with E-state index >= 15 is 0 Å². The number of ether oxygens (including phenoxy) is 1. The first kappa shape index (κ1) is 24.7. The number of alkyl halides is 3. The highest BCUT2D eigenvalue weighted by atomic mass is 31.2. The molecule has 0 aliphatic carbocycles. The maximum atomic E-state index is 14.0. The molecule has 0 bridgehead atoms. The van der Waals surface area contributed by atoms with E-state index in [1.165, 1.54) is 6.92 Å². The Balaban J connectivity index is 1.85. The summed E-state index contributed by atoms with van der Waals surface area (Å²) in [5, 5.41) is 0.578. The average Bonchev–Trinajstić information content (AvgIpc) is 2.79. The van der Waals surface area contributed by atoms with Gasteiger partial charge in [-0.25, -0.2) is 4.79 Å².